The fourth-order valence-corrected chi connectivity index (χ4v) is 9.65. The molecule has 8 rings (SSSR count). The van der Waals surface area contributed by atoms with E-state index in [-0.39, 0.29) is 20.1 Å². The van der Waals surface area contributed by atoms with Crippen LogP contribution in [0.1, 0.15) is 56.4 Å². The summed E-state index contributed by atoms with van der Waals surface area (Å²) >= 11 is 0. The summed E-state index contributed by atoms with van der Waals surface area (Å²) in [5.41, 5.74) is 9.29. The maximum Gasteiger partial charge on any atom is 0.216 e. The molecule has 2 saturated carbocycles. The number of benzene rings is 2. The second-order valence-corrected chi connectivity index (χ2v) is 20.6. The van der Waals surface area contributed by atoms with Gasteiger partial charge < -0.3 is 14.4 Å². The Balaban J connectivity index is 0.000000167. The zero-order chi connectivity index (χ0) is 33.4. The van der Waals surface area contributed by atoms with Crippen LogP contribution in [0.3, 0.4) is 0 Å². The molecule has 3 atom stereocenters. The van der Waals surface area contributed by atoms with Crippen molar-refractivity contribution >= 4 is 35.3 Å². The van der Waals surface area contributed by atoms with Crippen LogP contribution in [0, 0.1) is 42.7 Å². The maximum absolute atomic E-state index is 6.06. The summed E-state index contributed by atoms with van der Waals surface area (Å²) < 4.78 is 6.06. The molecule has 2 bridgehead atoms. The summed E-state index contributed by atoms with van der Waals surface area (Å²) in [5.74, 6) is 3.54. The molecule has 2 aromatic carbocycles. The van der Waals surface area contributed by atoms with Crippen LogP contribution in [0.2, 0.25) is 19.6 Å². The fraction of sp³-hybridized carbons (Fsp3) is 0.372. The van der Waals surface area contributed by atoms with Crippen molar-refractivity contribution in [1.82, 2.24) is 15.0 Å². The summed E-state index contributed by atoms with van der Waals surface area (Å²) in [6.07, 6.45) is 12.3. The number of aryl methyl sites for hydroxylation is 1. The minimum absolute atomic E-state index is 0. The molecule has 0 aliphatic heterocycles. The van der Waals surface area contributed by atoms with Crippen LogP contribution in [0.15, 0.2) is 83.5 Å². The van der Waals surface area contributed by atoms with E-state index in [1.54, 1.807) is 10.8 Å². The summed E-state index contributed by atoms with van der Waals surface area (Å²) in [4.78, 5) is 13.8. The number of aromatic nitrogens is 3. The van der Waals surface area contributed by atoms with Gasteiger partial charge in [0.25, 0.3) is 0 Å². The number of hydrogen-bond acceptors (Lipinski definition) is 4. The Kier molecular flexibility index (Phi) is 10.7. The maximum atomic E-state index is 6.06. The molecule has 1 radical (unpaired) electrons. The summed E-state index contributed by atoms with van der Waals surface area (Å²) in [6.45, 7) is 13.8. The Morgan fingerprint density at radius 3 is 2.47 bits per heavy atom. The third-order valence-electron chi connectivity index (χ3n) is 10.3. The average molecular weight is 842 g/mol. The second kappa shape index (κ2) is 14.8. The summed E-state index contributed by atoms with van der Waals surface area (Å²) in [6, 6.07) is 29.5. The molecule has 2 aliphatic rings. The van der Waals surface area contributed by atoms with Crippen molar-refractivity contribution in [2.75, 3.05) is 0 Å². The molecular formula is C43H47IrN3OSi-2. The van der Waals surface area contributed by atoms with E-state index in [1.807, 2.05) is 43.5 Å². The molecule has 255 valence electrons. The van der Waals surface area contributed by atoms with Crippen LogP contribution in [-0.2, 0) is 32.9 Å². The van der Waals surface area contributed by atoms with Gasteiger partial charge in [-0.25, -0.2) is 4.98 Å². The smallest absolute Gasteiger partial charge is 0.216 e. The second-order valence-electron chi connectivity index (χ2n) is 15.5. The van der Waals surface area contributed by atoms with Crippen LogP contribution in [0.25, 0.3) is 44.6 Å². The van der Waals surface area contributed by atoms with Gasteiger partial charge in [0.05, 0.1) is 13.7 Å². The molecule has 0 amide bonds. The van der Waals surface area contributed by atoms with Crippen LogP contribution in [-0.4, -0.2) is 23.0 Å². The standard InChI is InChI=1S/C22H28NSi.C21H19N2O.Ir/c1-24(2,3)22-15-23-21(17-7-5-4-6-8-17)14-20(22)13-19-12-16-9-10-18(19)11-16;1-13(2)11-15-9-10-22-19(12-15)18-6-4-5-16-17-8-7-14(3)23-21(17)24-20(16)18;/h4-7,14-16,18-19H,9-13H2,1-3H3;4-5,7-10,12-13H,11H2,1-3H3;/q2*-1;. The molecule has 0 saturated heterocycles. The number of furan rings is 1. The predicted molar refractivity (Wildman–Crippen MR) is 201 cm³/mol. The molecule has 0 N–H and O–H groups in total. The molecular weight excluding hydrogens is 795 g/mol. The van der Waals surface area contributed by atoms with Gasteiger partial charge in [-0.15, -0.1) is 54.1 Å². The van der Waals surface area contributed by atoms with E-state index in [0.29, 0.717) is 11.6 Å². The van der Waals surface area contributed by atoms with Gasteiger partial charge in [-0.05, 0) is 97.5 Å². The monoisotopic (exact) mass is 842 g/mol. The van der Waals surface area contributed by atoms with E-state index < -0.39 is 8.07 Å². The van der Waals surface area contributed by atoms with Crippen molar-refractivity contribution < 1.29 is 24.5 Å². The van der Waals surface area contributed by atoms with E-state index in [1.165, 1.54) is 37.7 Å². The van der Waals surface area contributed by atoms with E-state index in [9.17, 15) is 0 Å². The molecule has 6 heteroatoms. The van der Waals surface area contributed by atoms with Crippen molar-refractivity contribution in [3.8, 4) is 22.5 Å². The Morgan fingerprint density at radius 2 is 1.76 bits per heavy atom. The van der Waals surface area contributed by atoms with Crippen LogP contribution in [0.4, 0.5) is 0 Å². The van der Waals surface area contributed by atoms with Gasteiger partial charge in [-0.3, -0.25) is 0 Å². The van der Waals surface area contributed by atoms with Gasteiger partial charge in [-0.1, -0.05) is 74.1 Å². The van der Waals surface area contributed by atoms with E-state index in [0.717, 1.165) is 68.7 Å². The van der Waals surface area contributed by atoms with Crippen molar-refractivity contribution in [1.29, 1.82) is 0 Å². The Labute approximate surface area is 306 Å². The third-order valence-corrected chi connectivity index (χ3v) is 12.4. The summed E-state index contributed by atoms with van der Waals surface area (Å²) in [7, 11) is -1.37. The number of pyridine rings is 3. The van der Waals surface area contributed by atoms with Gasteiger partial charge in [0.1, 0.15) is 0 Å². The van der Waals surface area contributed by atoms with Crippen molar-refractivity contribution in [3.63, 3.8) is 0 Å². The zero-order valence-electron chi connectivity index (χ0n) is 29.6. The topological polar surface area (TPSA) is 51.8 Å². The Bertz CT molecular complexity index is 2050. The number of hydrogen-bond donors (Lipinski definition) is 0. The van der Waals surface area contributed by atoms with Crippen molar-refractivity contribution in [2.24, 2.45) is 23.7 Å². The summed E-state index contributed by atoms with van der Waals surface area (Å²) in [5, 5.41) is 3.65. The van der Waals surface area contributed by atoms with E-state index in [2.05, 4.69) is 98.2 Å². The molecule has 4 aromatic heterocycles. The first kappa shape index (κ1) is 35.4. The largest absolute Gasteiger partial charge is 0.486 e. The van der Waals surface area contributed by atoms with Gasteiger partial charge in [0.15, 0.2) is 0 Å². The normalized spacial score (nSPS) is 18.5. The molecule has 49 heavy (non-hydrogen) atoms. The Hall–Kier alpha value is -3.44. The minimum Gasteiger partial charge on any atom is -0.486 e. The fourth-order valence-electron chi connectivity index (χ4n) is 8.06. The third kappa shape index (κ3) is 7.82. The van der Waals surface area contributed by atoms with Crippen LogP contribution >= 0.6 is 0 Å². The SMILES string of the molecule is C[Si](C)(C)c1cnc(-c2[c-]cccc2)cc1CC1CC2CCC1C2.Cc1ccc2c(n1)oc1c(-c3cc(CC(C)C)ccn3)[c-]ccc12.[Ir]. The molecule has 6 aromatic rings. The minimum atomic E-state index is -1.37. The van der Waals surface area contributed by atoms with Gasteiger partial charge in [0.2, 0.25) is 5.71 Å². The quantitative estimate of drug-likeness (QED) is 0.119. The first-order valence-corrected chi connectivity index (χ1v) is 21.2. The van der Waals surface area contributed by atoms with Gasteiger partial charge in [0, 0.05) is 43.6 Å². The first-order chi connectivity index (χ1) is 23.1. The van der Waals surface area contributed by atoms with Gasteiger partial charge >= 0.3 is 0 Å². The first-order valence-electron chi connectivity index (χ1n) is 17.7. The number of fused-ring (bicyclic) bond motifs is 5. The molecule has 0 spiro atoms. The zero-order valence-corrected chi connectivity index (χ0v) is 33.0. The van der Waals surface area contributed by atoms with Crippen molar-refractivity contribution in [2.45, 2.75) is 78.9 Å². The van der Waals surface area contributed by atoms with E-state index >= 15 is 0 Å². The predicted octanol–water partition coefficient (Wildman–Crippen LogP) is 10.4. The molecule has 2 fully saturated rings. The van der Waals surface area contributed by atoms with Crippen LogP contribution < -0.4 is 5.19 Å². The van der Waals surface area contributed by atoms with Crippen LogP contribution in [0.5, 0.6) is 0 Å². The number of rotatable bonds is 7. The molecule has 4 heterocycles. The number of nitrogens with zero attached hydrogens (tertiary/aromatic N) is 3. The average Bonchev–Trinajstić information content (AvgIpc) is 3.79. The molecule has 4 nitrogen and oxygen atoms in total. The van der Waals surface area contributed by atoms with E-state index in [4.69, 9.17) is 9.40 Å². The van der Waals surface area contributed by atoms with Crippen molar-refractivity contribution in [3.05, 3.63) is 108 Å². The Morgan fingerprint density at radius 1 is 0.898 bits per heavy atom. The molecule has 2 aliphatic carbocycles. The van der Waals surface area contributed by atoms with Gasteiger partial charge in [-0.2, -0.15) is 0 Å². The molecule has 3 unspecified atom stereocenters.